The highest BCUT2D eigenvalue weighted by molar-refractivity contribution is 7.98. The van der Waals surface area contributed by atoms with Gasteiger partial charge in [0.2, 0.25) is 0 Å². The third-order valence-corrected chi connectivity index (χ3v) is 3.36. The number of hydrogen-bond acceptors (Lipinski definition) is 3. The maximum atomic E-state index is 9.22. The molecule has 0 radical (unpaired) electrons. The first kappa shape index (κ1) is 13.9. The van der Waals surface area contributed by atoms with E-state index >= 15 is 0 Å². The molecule has 1 rings (SSSR count). The van der Waals surface area contributed by atoms with Gasteiger partial charge in [-0.15, -0.1) is 11.8 Å². The van der Waals surface area contributed by atoms with Crippen LogP contribution in [0.2, 0.25) is 0 Å². The molecular formula is C14H20N2S. The van der Waals surface area contributed by atoms with Crippen LogP contribution in [0.1, 0.15) is 32.8 Å². The SMILES string of the molecule is CSc1cccc(NC(C)CC(C)C)c1C#N. The molecule has 1 aromatic carbocycles. The average molecular weight is 248 g/mol. The minimum Gasteiger partial charge on any atom is -0.381 e. The average Bonchev–Trinajstić information content (AvgIpc) is 2.27. The van der Waals surface area contributed by atoms with Gasteiger partial charge >= 0.3 is 0 Å². The van der Waals surface area contributed by atoms with Gasteiger partial charge in [-0.3, -0.25) is 0 Å². The highest BCUT2D eigenvalue weighted by atomic mass is 32.2. The lowest BCUT2D eigenvalue weighted by molar-refractivity contribution is 0.539. The van der Waals surface area contributed by atoms with Crippen LogP contribution < -0.4 is 5.32 Å². The van der Waals surface area contributed by atoms with Crippen molar-refractivity contribution in [2.45, 2.75) is 38.1 Å². The fraction of sp³-hybridized carbons (Fsp3) is 0.500. The third kappa shape index (κ3) is 3.98. The summed E-state index contributed by atoms with van der Waals surface area (Å²) in [5.41, 5.74) is 1.71. The molecular weight excluding hydrogens is 228 g/mol. The minimum absolute atomic E-state index is 0.388. The van der Waals surface area contributed by atoms with Crippen LogP contribution in [0.3, 0.4) is 0 Å². The Kier molecular flexibility index (Phi) is 5.37. The fourth-order valence-electron chi connectivity index (χ4n) is 1.97. The van der Waals surface area contributed by atoms with Gasteiger partial charge in [0, 0.05) is 10.9 Å². The van der Waals surface area contributed by atoms with Crippen LogP contribution in [0.4, 0.5) is 5.69 Å². The lowest BCUT2D eigenvalue weighted by Gasteiger charge is -2.18. The van der Waals surface area contributed by atoms with E-state index < -0.39 is 0 Å². The molecule has 1 unspecified atom stereocenters. The number of nitriles is 1. The van der Waals surface area contributed by atoms with Crippen molar-refractivity contribution in [1.29, 1.82) is 5.26 Å². The number of benzene rings is 1. The van der Waals surface area contributed by atoms with Crippen LogP contribution in [0.5, 0.6) is 0 Å². The van der Waals surface area contributed by atoms with Crippen molar-refractivity contribution in [3.8, 4) is 6.07 Å². The van der Waals surface area contributed by atoms with Crippen LogP contribution in [0.15, 0.2) is 23.1 Å². The summed E-state index contributed by atoms with van der Waals surface area (Å²) < 4.78 is 0. The second-order valence-electron chi connectivity index (χ2n) is 4.67. The molecule has 0 heterocycles. The van der Waals surface area contributed by atoms with Crippen molar-refractivity contribution in [2.24, 2.45) is 5.92 Å². The van der Waals surface area contributed by atoms with E-state index in [4.69, 9.17) is 0 Å². The summed E-state index contributed by atoms with van der Waals surface area (Å²) in [6.07, 6.45) is 3.10. The molecule has 0 amide bonds. The highest BCUT2D eigenvalue weighted by Gasteiger charge is 2.10. The van der Waals surface area contributed by atoms with Gasteiger partial charge in [0.05, 0.1) is 11.3 Å². The summed E-state index contributed by atoms with van der Waals surface area (Å²) in [6, 6.07) is 8.64. The molecule has 0 aliphatic rings. The fourth-order valence-corrected chi connectivity index (χ4v) is 2.54. The monoisotopic (exact) mass is 248 g/mol. The van der Waals surface area contributed by atoms with Crippen molar-refractivity contribution in [1.82, 2.24) is 0 Å². The van der Waals surface area contributed by atoms with Crippen molar-refractivity contribution < 1.29 is 0 Å². The van der Waals surface area contributed by atoms with E-state index in [1.165, 1.54) is 0 Å². The lowest BCUT2D eigenvalue weighted by atomic mass is 10.0. The third-order valence-electron chi connectivity index (χ3n) is 2.58. The topological polar surface area (TPSA) is 35.8 Å². The number of nitrogens with zero attached hydrogens (tertiary/aromatic N) is 1. The largest absolute Gasteiger partial charge is 0.381 e. The van der Waals surface area contributed by atoms with E-state index in [0.717, 1.165) is 22.6 Å². The lowest BCUT2D eigenvalue weighted by Crippen LogP contribution is -2.18. The number of anilines is 1. The second kappa shape index (κ2) is 6.56. The summed E-state index contributed by atoms with van der Waals surface area (Å²) in [5.74, 6) is 0.659. The summed E-state index contributed by atoms with van der Waals surface area (Å²) in [5, 5.41) is 12.7. The normalized spacial score (nSPS) is 12.2. The maximum Gasteiger partial charge on any atom is 0.102 e. The predicted octanol–water partition coefficient (Wildman–Crippen LogP) is 4.13. The number of hydrogen-bond donors (Lipinski definition) is 1. The zero-order valence-corrected chi connectivity index (χ0v) is 11.8. The van der Waals surface area contributed by atoms with Gasteiger partial charge in [-0.25, -0.2) is 0 Å². The molecule has 1 N–H and O–H groups in total. The predicted molar refractivity (Wildman–Crippen MR) is 75.5 cm³/mol. The van der Waals surface area contributed by atoms with E-state index in [9.17, 15) is 5.26 Å². The van der Waals surface area contributed by atoms with Gasteiger partial charge in [0.25, 0.3) is 0 Å². The summed E-state index contributed by atoms with van der Waals surface area (Å²) in [7, 11) is 0. The molecule has 0 aromatic heterocycles. The molecule has 3 heteroatoms. The van der Waals surface area contributed by atoms with Crippen LogP contribution in [-0.4, -0.2) is 12.3 Å². The maximum absolute atomic E-state index is 9.22. The molecule has 1 aromatic rings. The number of thioether (sulfide) groups is 1. The Labute approximate surface area is 108 Å². The van der Waals surface area contributed by atoms with Gasteiger partial charge in [-0.1, -0.05) is 19.9 Å². The van der Waals surface area contributed by atoms with Crippen molar-refractivity contribution in [3.63, 3.8) is 0 Å². The van der Waals surface area contributed by atoms with Gasteiger partial charge in [0.1, 0.15) is 6.07 Å². The summed E-state index contributed by atoms with van der Waals surface area (Å²) in [4.78, 5) is 1.04. The van der Waals surface area contributed by atoms with Crippen LogP contribution >= 0.6 is 11.8 Å². The molecule has 0 spiro atoms. The van der Waals surface area contributed by atoms with E-state index in [0.29, 0.717) is 12.0 Å². The van der Waals surface area contributed by atoms with Crippen molar-refractivity contribution in [3.05, 3.63) is 23.8 Å². The zero-order chi connectivity index (χ0) is 12.8. The van der Waals surface area contributed by atoms with Crippen LogP contribution in [-0.2, 0) is 0 Å². The minimum atomic E-state index is 0.388. The molecule has 0 aliphatic heterocycles. The second-order valence-corrected chi connectivity index (χ2v) is 5.52. The van der Waals surface area contributed by atoms with E-state index in [1.807, 2.05) is 24.5 Å². The number of rotatable bonds is 5. The summed E-state index contributed by atoms with van der Waals surface area (Å²) in [6.45, 7) is 6.58. The molecule has 2 nitrogen and oxygen atoms in total. The van der Waals surface area contributed by atoms with E-state index in [1.54, 1.807) is 11.8 Å². The van der Waals surface area contributed by atoms with Crippen LogP contribution in [0, 0.1) is 17.2 Å². The van der Waals surface area contributed by atoms with Gasteiger partial charge in [-0.2, -0.15) is 5.26 Å². The molecule has 17 heavy (non-hydrogen) atoms. The Bertz CT molecular complexity index is 407. The van der Waals surface area contributed by atoms with Gasteiger partial charge in [0.15, 0.2) is 0 Å². The van der Waals surface area contributed by atoms with Gasteiger partial charge in [-0.05, 0) is 37.7 Å². The van der Waals surface area contributed by atoms with E-state index in [-0.39, 0.29) is 0 Å². The molecule has 0 saturated heterocycles. The first-order valence-corrected chi connectivity index (χ1v) is 7.14. The first-order chi connectivity index (χ1) is 8.08. The Morgan fingerprint density at radius 3 is 2.59 bits per heavy atom. The van der Waals surface area contributed by atoms with Crippen molar-refractivity contribution >= 4 is 17.4 Å². The molecule has 1 atom stereocenters. The first-order valence-electron chi connectivity index (χ1n) is 5.92. The Hall–Kier alpha value is -1.14. The smallest absolute Gasteiger partial charge is 0.102 e. The van der Waals surface area contributed by atoms with Gasteiger partial charge < -0.3 is 5.32 Å². The quantitative estimate of drug-likeness (QED) is 0.796. The molecule has 92 valence electrons. The Morgan fingerprint density at radius 1 is 1.35 bits per heavy atom. The molecule has 0 fully saturated rings. The molecule has 0 aliphatic carbocycles. The van der Waals surface area contributed by atoms with Crippen LogP contribution in [0.25, 0.3) is 0 Å². The summed E-state index contributed by atoms with van der Waals surface area (Å²) >= 11 is 1.61. The molecule has 0 bridgehead atoms. The Morgan fingerprint density at radius 2 is 2.06 bits per heavy atom. The Balaban J connectivity index is 2.88. The van der Waals surface area contributed by atoms with Crippen molar-refractivity contribution in [2.75, 3.05) is 11.6 Å². The highest BCUT2D eigenvalue weighted by Crippen LogP contribution is 2.27. The molecule has 0 saturated carbocycles. The number of nitrogens with one attached hydrogen (secondary N) is 1. The zero-order valence-electron chi connectivity index (χ0n) is 10.9. The standard InChI is InChI=1S/C14H20N2S/c1-10(2)8-11(3)16-13-6-5-7-14(17-4)12(13)9-15/h5-7,10-11,16H,8H2,1-4H3. The van der Waals surface area contributed by atoms with E-state index in [2.05, 4.69) is 32.2 Å².